The summed E-state index contributed by atoms with van der Waals surface area (Å²) in [5.74, 6) is 0.624. The number of halogens is 1. The monoisotopic (exact) mass is 249 g/mol. The lowest BCUT2D eigenvalue weighted by Gasteiger charge is -2.02. The Morgan fingerprint density at radius 1 is 1.44 bits per heavy atom. The fourth-order valence-corrected chi connectivity index (χ4v) is 1.72. The van der Waals surface area contributed by atoms with Crippen molar-refractivity contribution in [3.8, 4) is 11.4 Å². The molecular weight excluding hydrogens is 233 g/mol. The number of nitrogens with zero attached hydrogens (tertiary/aromatic N) is 2. The molecule has 1 heterocycles. The Labute approximate surface area is 105 Å². The van der Waals surface area contributed by atoms with Crippen LogP contribution in [0.15, 0.2) is 22.7 Å². The molecule has 2 rings (SSSR count). The number of aromatic nitrogens is 2. The minimum atomic E-state index is -0.245. The van der Waals surface area contributed by atoms with E-state index < -0.39 is 0 Å². The molecule has 4 nitrogen and oxygen atoms in total. The fourth-order valence-electron chi connectivity index (χ4n) is 1.72. The zero-order valence-corrected chi connectivity index (χ0v) is 10.5. The lowest BCUT2D eigenvalue weighted by atomic mass is 10.1. The van der Waals surface area contributed by atoms with E-state index in [0.29, 0.717) is 17.3 Å². The first kappa shape index (κ1) is 12.7. The molecule has 0 aliphatic carbocycles. The maximum atomic E-state index is 13.2. The van der Waals surface area contributed by atoms with E-state index in [2.05, 4.69) is 10.1 Å². The van der Waals surface area contributed by atoms with Gasteiger partial charge in [0.25, 0.3) is 0 Å². The van der Waals surface area contributed by atoms with Crippen molar-refractivity contribution in [3.05, 3.63) is 35.5 Å². The Morgan fingerprint density at radius 2 is 2.22 bits per heavy atom. The van der Waals surface area contributed by atoms with Crippen molar-refractivity contribution < 1.29 is 8.91 Å². The maximum Gasteiger partial charge on any atom is 0.243 e. The van der Waals surface area contributed by atoms with Crippen LogP contribution in [0.5, 0.6) is 0 Å². The Bertz CT molecular complexity index is 539. The molecule has 0 spiro atoms. The van der Waals surface area contributed by atoms with E-state index in [1.807, 2.05) is 6.92 Å². The lowest BCUT2D eigenvalue weighted by Crippen LogP contribution is -2.09. The Morgan fingerprint density at radius 3 is 2.89 bits per heavy atom. The number of hydrogen-bond acceptors (Lipinski definition) is 4. The summed E-state index contributed by atoms with van der Waals surface area (Å²) in [4.78, 5) is 4.24. The third kappa shape index (κ3) is 2.56. The van der Waals surface area contributed by atoms with E-state index >= 15 is 0 Å². The van der Waals surface area contributed by atoms with Crippen LogP contribution in [0.4, 0.5) is 4.39 Å². The van der Waals surface area contributed by atoms with E-state index in [1.165, 1.54) is 6.07 Å². The summed E-state index contributed by atoms with van der Waals surface area (Å²) in [7, 11) is 0. The molecule has 2 aromatic rings. The maximum absolute atomic E-state index is 13.2. The molecule has 2 N–H and O–H groups in total. The summed E-state index contributed by atoms with van der Waals surface area (Å²) in [6.07, 6.45) is 1.75. The number of hydrogen-bond donors (Lipinski definition) is 1. The molecule has 0 bridgehead atoms. The average Bonchev–Trinajstić information content (AvgIpc) is 2.82. The molecule has 0 saturated heterocycles. The summed E-state index contributed by atoms with van der Waals surface area (Å²) >= 11 is 0. The summed E-state index contributed by atoms with van der Waals surface area (Å²) in [5.41, 5.74) is 7.18. The van der Waals surface area contributed by atoms with Crippen molar-refractivity contribution in [1.82, 2.24) is 10.1 Å². The van der Waals surface area contributed by atoms with Gasteiger partial charge in [-0.2, -0.15) is 4.98 Å². The van der Waals surface area contributed by atoms with Gasteiger partial charge in [-0.3, -0.25) is 0 Å². The first-order valence-electron chi connectivity index (χ1n) is 5.97. The zero-order chi connectivity index (χ0) is 13.1. The molecule has 0 amide bonds. The molecule has 18 heavy (non-hydrogen) atoms. The van der Waals surface area contributed by atoms with Crippen LogP contribution >= 0.6 is 0 Å². The van der Waals surface area contributed by atoms with Crippen LogP contribution in [0.25, 0.3) is 11.4 Å². The standard InChI is InChI=1S/C13H16FN3O/c1-3-4-11(15)13-16-12(17-18-13)9-5-6-10(14)8(2)7-9/h5-7,11H,3-4,15H2,1-2H3/t11-/m1/s1. The zero-order valence-electron chi connectivity index (χ0n) is 10.5. The predicted molar refractivity (Wildman–Crippen MR) is 66.3 cm³/mol. The van der Waals surface area contributed by atoms with Gasteiger partial charge >= 0.3 is 0 Å². The van der Waals surface area contributed by atoms with Gasteiger partial charge in [-0.05, 0) is 37.1 Å². The summed E-state index contributed by atoms with van der Waals surface area (Å²) in [5, 5.41) is 3.87. The van der Waals surface area contributed by atoms with Gasteiger partial charge in [-0.15, -0.1) is 0 Å². The summed E-state index contributed by atoms with van der Waals surface area (Å²) in [6.45, 7) is 3.74. The largest absolute Gasteiger partial charge is 0.337 e. The van der Waals surface area contributed by atoms with Gasteiger partial charge in [-0.1, -0.05) is 18.5 Å². The second-order valence-corrected chi connectivity index (χ2v) is 4.32. The second kappa shape index (κ2) is 5.27. The van der Waals surface area contributed by atoms with Crippen LogP contribution in [0, 0.1) is 12.7 Å². The molecule has 5 heteroatoms. The van der Waals surface area contributed by atoms with Gasteiger partial charge in [0.2, 0.25) is 11.7 Å². The summed E-state index contributed by atoms with van der Waals surface area (Å²) in [6, 6.07) is 4.47. The van der Waals surface area contributed by atoms with E-state index in [-0.39, 0.29) is 11.9 Å². The third-order valence-electron chi connectivity index (χ3n) is 2.77. The number of aryl methyl sites for hydroxylation is 1. The van der Waals surface area contributed by atoms with Crippen molar-refractivity contribution in [1.29, 1.82) is 0 Å². The minimum absolute atomic E-state index is 0.238. The first-order chi connectivity index (χ1) is 8.61. The van der Waals surface area contributed by atoms with Crippen LogP contribution in [0.2, 0.25) is 0 Å². The van der Waals surface area contributed by atoms with Crippen molar-refractivity contribution in [2.24, 2.45) is 5.73 Å². The van der Waals surface area contributed by atoms with E-state index in [4.69, 9.17) is 10.3 Å². The Balaban J connectivity index is 2.26. The van der Waals surface area contributed by atoms with Gasteiger partial charge in [0, 0.05) is 5.56 Å². The van der Waals surface area contributed by atoms with Gasteiger partial charge in [-0.25, -0.2) is 4.39 Å². The normalized spacial score (nSPS) is 12.7. The Kier molecular flexibility index (Phi) is 3.72. The van der Waals surface area contributed by atoms with Crippen LogP contribution in [-0.4, -0.2) is 10.1 Å². The minimum Gasteiger partial charge on any atom is -0.337 e. The highest BCUT2D eigenvalue weighted by Crippen LogP contribution is 2.21. The average molecular weight is 249 g/mol. The third-order valence-corrected chi connectivity index (χ3v) is 2.77. The fraction of sp³-hybridized carbons (Fsp3) is 0.385. The van der Waals surface area contributed by atoms with Crippen molar-refractivity contribution in [2.45, 2.75) is 32.7 Å². The number of nitrogens with two attached hydrogens (primary N) is 1. The molecule has 0 saturated carbocycles. The molecule has 0 aliphatic rings. The molecule has 1 atom stereocenters. The highest BCUT2D eigenvalue weighted by Gasteiger charge is 2.15. The highest BCUT2D eigenvalue weighted by atomic mass is 19.1. The van der Waals surface area contributed by atoms with Crippen LogP contribution < -0.4 is 5.73 Å². The van der Waals surface area contributed by atoms with Crippen molar-refractivity contribution in [2.75, 3.05) is 0 Å². The topological polar surface area (TPSA) is 64.9 Å². The second-order valence-electron chi connectivity index (χ2n) is 4.32. The van der Waals surface area contributed by atoms with Gasteiger partial charge < -0.3 is 10.3 Å². The Hall–Kier alpha value is -1.75. The smallest absolute Gasteiger partial charge is 0.243 e. The molecule has 0 unspecified atom stereocenters. The summed E-state index contributed by atoms with van der Waals surface area (Å²) < 4.78 is 18.3. The number of rotatable bonds is 4. The lowest BCUT2D eigenvalue weighted by molar-refractivity contribution is 0.348. The van der Waals surface area contributed by atoms with Crippen molar-refractivity contribution in [3.63, 3.8) is 0 Å². The highest BCUT2D eigenvalue weighted by molar-refractivity contribution is 5.55. The molecule has 0 fully saturated rings. The SMILES string of the molecule is CCC[C@@H](N)c1nc(-c2ccc(F)c(C)c2)no1. The van der Waals surface area contributed by atoms with E-state index in [1.54, 1.807) is 19.1 Å². The molecule has 0 radical (unpaired) electrons. The molecule has 1 aromatic carbocycles. The van der Waals surface area contributed by atoms with Crippen molar-refractivity contribution >= 4 is 0 Å². The molecule has 1 aromatic heterocycles. The molecule has 0 aliphatic heterocycles. The van der Waals surface area contributed by atoms with E-state index in [0.717, 1.165) is 18.4 Å². The quantitative estimate of drug-likeness (QED) is 0.904. The molecular formula is C13H16FN3O. The van der Waals surface area contributed by atoms with Crippen LogP contribution in [0.1, 0.15) is 37.3 Å². The number of benzene rings is 1. The first-order valence-corrected chi connectivity index (χ1v) is 5.97. The molecule has 96 valence electrons. The predicted octanol–water partition coefficient (Wildman–Crippen LogP) is 2.98. The van der Waals surface area contributed by atoms with Gasteiger partial charge in [0.15, 0.2) is 0 Å². The van der Waals surface area contributed by atoms with E-state index in [9.17, 15) is 4.39 Å². The van der Waals surface area contributed by atoms with Crippen LogP contribution in [-0.2, 0) is 0 Å². The van der Waals surface area contributed by atoms with Gasteiger partial charge in [0.1, 0.15) is 5.82 Å². The van der Waals surface area contributed by atoms with Crippen LogP contribution in [0.3, 0.4) is 0 Å². The van der Waals surface area contributed by atoms with Gasteiger partial charge in [0.05, 0.1) is 6.04 Å².